The van der Waals surface area contributed by atoms with Gasteiger partial charge >= 0.3 is 6.03 Å². The number of aryl methyl sites for hydroxylation is 1. The average molecular weight is 336 g/mol. The highest BCUT2D eigenvalue weighted by Crippen LogP contribution is 2.29. The predicted octanol–water partition coefficient (Wildman–Crippen LogP) is 3.25. The van der Waals surface area contributed by atoms with E-state index in [0.29, 0.717) is 12.5 Å². The Bertz CT molecular complexity index is 611. The van der Waals surface area contributed by atoms with E-state index in [1.54, 1.807) is 28.9 Å². The number of aromatic nitrogens is 2. The molecule has 1 N–H and O–H groups in total. The van der Waals surface area contributed by atoms with Crippen molar-refractivity contribution in [2.24, 2.45) is 0 Å². The highest BCUT2D eigenvalue weighted by atomic mass is 32.1. The molecule has 0 bridgehead atoms. The number of hydrogen-bond donors (Lipinski definition) is 1. The van der Waals surface area contributed by atoms with Crippen molar-refractivity contribution in [1.29, 1.82) is 0 Å². The molecule has 3 rings (SSSR count). The Hall–Kier alpha value is -1.47. The van der Waals surface area contributed by atoms with Crippen LogP contribution in [0.25, 0.3) is 0 Å². The van der Waals surface area contributed by atoms with Crippen molar-refractivity contribution in [2.75, 3.05) is 13.1 Å². The summed E-state index contributed by atoms with van der Waals surface area (Å²) in [5, 5.41) is 9.13. The molecule has 1 aliphatic heterocycles. The maximum absolute atomic E-state index is 12.3. The van der Waals surface area contributed by atoms with Crippen LogP contribution in [0.5, 0.6) is 0 Å². The van der Waals surface area contributed by atoms with Crippen LogP contribution in [0.1, 0.15) is 41.4 Å². The van der Waals surface area contributed by atoms with Crippen molar-refractivity contribution < 1.29 is 4.79 Å². The smallest absolute Gasteiger partial charge is 0.317 e. The minimum absolute atomic E-state index is 0.00664. The summed E-state index contributed by atoms with van der Waals surface area (Å²) in [4.78, 5) is 23.1. The van der Waals surface area contributed by atoms with Crippen molar-refractivity contribution >= 4 is 28.7 Å². The number of rotatable bonds is 4. The third-order valence-electron chi connectivity index (χ3n) is 3.86. The van der Waals surface area contributed by atoms with Gasteiger partial charge in [0.15, 0.2) is 0 Å². The zero-order valence-electron chi connectivity index (χ0n) is 12.6. The molecule has 1 saturated heterocycles. The molecule has 0 aromatic carbocycles. The highest BCUT2D eigenvalue weighted by molar-refractivity contribution is 7.09. The number of piperidine rings is 1. The van der Waals surface area contributed by atoms with Gasteiger partial charge in [-0.1, -0.05) is 6.92 Å². The van der Waals surface area contributed by atoms with Crippen LogP contribution in [0.4, 0.5) is 4.79 Å². The lowest BCUT2D eigenvalue weighted by Gasteiger charge is -2.31. The molecule has 5 nitrogen and oxygen atoms in total. The minimum Gasteiger partial charge on any atom is -0.331 e. The van der Waals surface area contributed by atoms with Crippen molar-refractivity contribution in [3.63, 3.8) is 0 Å². The Balaban J connectivity index is 1.56. The van der Waals surface area contributed by atoms with E-state index in [4.69, 9.17) is 0 Å². The molecule has 7 heteroatoms. The lowest BCUT2D eigenvalue weighted by atomic mass is 9.99. The highest BCUT2D eigenvalue weighted by Gasteiger charge is 2.26. The molecule has 2 amide bonds. The van der Waals surface area contributed by atoms with Crippen LogP contribution in [-0.2, 0) is 13.0 Å². The Morgan fingerprint density at radius 3 is 3.14 bits per heavy atom. The van der Waals surface area contributed by atoms with Gasteiger partial charge in [-0.25, -0.2) is 14.8 Å². The molecule has 1 unspecified atom stereocenters. The first-order valence-electron chi connectivity index (χ1n) is 7.61. The first-order chi connectivity index (χ1) is 10.8. The predicted molar refractivity (Wildman–Crippen MR) is 89.4 cm³/mol. The van der Waals surface area contributed by atoms with Gasteiger partial charge in [0.1, 0.15) is 5.01 Å². The fourth-order valence-electron chi connectivity index (χ4n) is 2.64. The average Bonchev–Trinajstić information content (AvgIpc) is 3.24. The van der Waals surface area contributed by atoms with E-state index in [0.717, 1.165) is 43.1 Å². The molecular formula is C15H20N4OS2. The fraction of sp³-hybridized carbons (Fsp3) is 0.533. The third kappa shape index (κ3) is 3.64. The lowest BCUT2D eigenvalue weighted by molar-refractivity contribution is 0.179. The van der Waals surface area contributed by atoms with Crippen LogP contribution in [0.3, 0.4) is 0 Å². The minimum atomic E-state index is 0.00664. The molecule has 0 aliphatic carbocycles. The SMILES string of the molecule is CCc1csc(C2CCCN(C(=O)NCc3nccs3)C2)n1. The van der Waals surface area contributed by atoms with E-state index < -0.39 is 0 Å². The largest absolute Gasteiger partial charge is 0.331 e. The van der Waals surface area contributed by atoms with Gasteiger partial charge in [0, 0.05) is 36.0 Å². The van der Waals surface area contributed by atoms with Crippen molar-refractivity contribution in [3.8, 4) is 0 Å². The number of thiazole rings is 2. The van der Waals surface area contributed by atoms with Gasteiger partial charge in [0.05, 0.1) is 17.2 Å². The fourth-order valence-corrected chi connectivity index (χ4v) is 4.23. The number of urea groups is 1. The van der Waals surface area contributed by atoms with E-state index in [1.807, 2.05) is 10.3 Å². The number of hydrogen-bond acceptors (Lipinski definition) is 5. The van der Waals surface area contributed by atoms with Gasteiger partial charge in [-0.3, -0.25) is 0 Å². The first kappa shape index (κ1) is 15.4. The van der Waals surface area contributed by atoms with E-state index >= 15 is 0 Å². The van der Waals surface area contributed by atoms with Gasteiger partial charge in [-0.15, -0.1) is 22.7 Å². The van der Waals surface area contributed by atoms with Crippen molar-refractivity contribution in [3.05, 3.63) is 32.7 Å². The monoisotopic (exact) mass is 336 g/mol. The van der Waals surface area contributed by atoms with Crippen LogP contribution < -0.4 is 5.32 Å². The quantitative estimate of drug-likeness (QED) is 0.932. The summed E-state index contributed by atoms with van der Waals surface area (Å²) in [7, 11) is 0. The molecule has 118 valence electrons. The van der Waals surface area contributed by atoms with Gasteiger partial charge in [-0.2, -0.15) is 0 Å². The normalized spacial score (nSPS) is 18.4. The molecule has 2 aromatic rings. The van der Waals surface area contributed by atoms with Crippen LogP contribution in [-0.4, -0.2) is 34.0 Å². The molecular weight excluding hydrogens is 316 g/mol. The Morgan fingerprint density at radius 1 is 1.50 bits per heavy atom. The maximum Gasteiger partial charge on any atom is 0.317 e. The summed E-state index contributed by atoms with van der Waals surface area (Å²) in [6, 6.07) is 0.00664. The summed E-state index contributed by atoms with van der Waals surface area (Å²) in [6.45, 7) is 4.22. The van der Waals surface area contributed by atoms with E-state index in [9.17, 15) is 4.79 Å². The number of nitrogens with zero attached hydrogens (tertiary/aromatic N) is 3. The molecule has 1 fully saturated rings. The van der Waals surface area contributed by atoms with Gasteiger partial charge < -0.3 is 10.2 Å². The second kappa shape index (κ2) is 7.19. The van der Waals surface area contributed by atoms with Crippen molar-refractivity contribution in [2.45, 2.75) is 38.6 Å². The number of nitrogens with one attached hydrogen (secondary N) is 1. The van der Waals surface area contributed by atoms with Crippen LogP contribution in [0.2, 0.25) is 0 Å². The summed E-state index contributed by atoms with van der Waals surface area (Å²) in [6.07, 6.45) is 4.89. The number of carbonyl (C=O) groups excluding carboxylic acids is 1. The first-order valence-corrected chi connectivity index (χ1v) is 9.37. The second-order valence-electron chi connectivity index (χ2n) is 5.40. The van der Waals surface area contributed by atoms with Gasteiger partial charge in [0.25, 0.3) is 0 Å². The molecule has 1 atom stereocenters. The second-order valence-corrected chi connectivity index (χ2v) is 7.27. The molecule has 22 heavy (non-hydrogen) atoms. The summed E-state index contributed by atoms with van der Waals surface area (Å²) in [5.74, 6) is 0.379. The van der Waals surface area contributed by atoms with Crippen LogP contribution in [0, 0.1) is 0 Å². The zero-order valence-corrected chi connectivity index (χ0v) is 14.3. The van der Waals surface area contributed by atoms with Crippen LogP contribution in [0.15, 0.2) is 17.0 Å². The zero-order chi connectivity index (χ0) is 15.4. The third-order valence-corrected chi connectivity index (χ3v) is 5.70. The number of likely N-dealkylation sites (tertiary alicyclic amines) is 1. The summed E-state index contributed by atoms with van der Waals surface area (Å²) < 4.78 is 0. The van der Waals surface area contributed by atoms with Gasteiger partial charge in [0.2, 0.25) is 0 Å². The number of carbonyl (C=O) groups is 1. The molecule has 0 saturated carbocycles. The van der Waals surface area contributed by atoms with E-state index in [-0.39, 0.29) is 6.03 Å². The van der Waals surface area contributed by atoms with Gasteiger partial charge in [-0.05, 0) is 19.3 Å². The molecule has 0 radical (unpaired) electrons. The Labute approximate surface area is 138 Å². The summed E-state index contributed by atoms with van der Waals surface area (Å²) >= 11 is 3.29. The lowest BCUT2D eigenvalue weighted by Crippen LogP contribution is -2.44. The molecule has 3 heterocycles. The van der Waals surface area contributed by atoms with E-state index in [2.05, 4.69) is 27.6 Å². The van der Waals surface area contributed by atoms with Crippen molar-refractivity contribution in [1.82, 2.24) is 20.2 Å². The topological polar surface area (TPSA) is 58.1 Å². The van der Waals surface area contributed by atoms with Crippen LogP contribution >= 0.6 is 22.7 Å². The standard InChI is InChI=1S/C15H20N4OS2/c1-2-12-10-22-14(18-12)11-4-3-6-19(9-11)15(20)17-8-13-16-5-7-21-13/h5,7,10-11H,2-4,6,8-9H2,1H3,(H,17,20). The Morgan fingerprint density at radius 2 is 2.41 bits per heavy atom. The molecule has 1 aliphatic rings. The molecule has 0 spiro atoms. The maximum atomic E-state index is 12.3. The molecule has 2 aromatic heterocycles. The summed E-state index contributed by atoms with van der Waals surface area (Å²) in [5.41, 5.74) is 1.16. The Kier molecular flexibility index (Phi) is 5.04. The van der Waals surface area contributed by atoms with E-state index in [1.165, 1.54) is 5.01 Å². The number of amides is 2.